The van der Waals surface area contributed by atoms with E-state index in [9.17, 15) is 14.4 Å². The van der Waals surface area contributed by atoms with E-state index in [1.165, 1.54) is 4.57 Å². The quantitative estimate of drug-likeness (QED) is 0.712. The summed E-state index contributed by atoms with van der Waals surface area (Å²) < 4.78 is 11.7. The first-order valence-corrected chi connectivity index (χ1v) is 8.52. The highest BCUT2D eigenvalue weighted by atomic mass is 16.5. The van der Waals surface area contributed by atoms with Crippen LogP contribution in [0.3, 0.4) is 0 Å². The minimum atomic E-state index is -0.492. The van der Waals surface area contributed by atoms with Crippen LogP contribution in [0.1, 0.15) is 12.2 Å². The van der Waals surface area contributed by atoms with Crippen LogP contribution >= 0.6 is 0 Å². The molecule has 1 saturated heterocycles. The molecule has 0 atom stereocenters. The van der Waals surface area contributed by atoms with Crippen LogP contribution in [-0.2, 0) is 32.5 Å². The van der Waals surface area contributed by atoms with Gasteiger partial charge in [-0.05, 0) is 12.1 Å². The monoisotopic (exact) mass is 359 g/mol. The molecule has 0 spiro atoms. The van der Waals surface area contributed by atoms with Crippen molar-refractivity contribution in [2.45, 2.75) is 12.8 Å². The molecule has 1 aromatic heterocycles. The Hall–Kier alpha value is -2.74. The maximum atomic E-state index is 12.3. The first-order valence-electron chi connectivity index (χ1n) is 8.52. The van der Waals surface area contributed by atoms with Gasteiger partial charge in [0.25, 0.3) is 11.5 Å². The van der Waals surface area contributed by atoms with E-state index in [-0.39, 0.29) is 30.9 Å². The summed E-state index contributed by atoms with van der Waals surface area (Å²) >= 11 is 0. The van der Waals surface area contributed by atoms with Gasteiger partial charge in [-0.2, -0.15) is 0 Å². The lowest BCUT2D eigenvalue weighted by atomic mass is 10.2. The summed E-state index contributed by atoms with van der Waals surface area (Å²) in [7, 11) is 1.63. The number of carbonyl (C=O) groups excluding carboxylic acids is 2. The lowest BCUT2D eigenvalue weighted by Crippen LogP contribution is -2.42. The molecule has 1 aliphatic rings. The van der Waals surface area contributed by atoms with Crippen molar-refractivity contribution in [2.24, 2.45) is 7.05 Å². The molecule has 0 aliphatic carbocycles. The molecule has 2 aromatic rings. The van der Waals surface area contributed by atoms with E-state index in [1.54, 1.807) is 30.1 Å². The number of nitrogens with zero attached hydrogens (tertiary/aromatic N) is 3. The van der Waals surface area contributed by atoms with Gasteiger partial charge < -0.3 is 14.4 Å². The third kappa shape index (κ3) is 4.08. The van der Waals surface area contributed by atoms with Crippen molar-refractivity contribution < 1.29 is 19.1 Å². The Morgan fingerprint density at radius 2 is 1.96 bits per heavy atom. The highest BCUT2D eigenvalue weighted by Crippen LogP contribution is 2.09. The number of rotatable bonds is 5. The van der Waals surface area contributed by atoms with Gasteiger partial charge in [0.15, 0.2) is 6.61 Å². The number of amides is 1. The van der Waals surface area contributed by atoms with Gasteiger partial charge >= 0.3 is 5.97 Å². The Kier molecular flexibility index (Phi) is 5.62. The zero-order chi connectivity index (χ0) is 18.5. The predicted octanol–water partition coefficient (Wildman–Crippen LogP) is 0.268. The zero-order valence-electron chi connectivity index (χ0n) is 14.6. The second kappa shape index (κ2) is 8.09. The zero-order valence-corrected chi connectivity index (χ0v) is 14.6. The second-order valence-corrected chi connectivity index (χ2v) is 6.06. The van der Waals surface area contributed by atoms with Gasteiger partial charge in [-0.15, -0.1) is 0 Å². The molecule has 1 amide bonds. The van der Waals surface area contributed by atoms with E-state index < -0.39 is 5.97 Å². The van der Waals surface area contributed by atoms with Crippen molar-refractivity contribution in [2.75, 3.05) is 32.9 Å². The van der Waals surface area contributed by atoms with Crippen molar-refractivity contribution in [3.05, 3.63) is 40.4 Å². The third-order valence-electron chi connectivity index (χ3n) is 4.35. The maximum Gasteiger partial charge on any atom is 0.306 e. The molecule has 0 bridgehead atoms. The summed E-state index contributed by atoms with van der Waals surface area (Å²) in [5, 5.41) is 0.539. The van der Waals surface area contributed by atoms with Crippen molar-refractivity contribution >= 4 is 22.8 Å². The fourth-order valence-electron chi connectivity index (χ4n) is 2.82. The molecule has 1 fully saturated rings. The van der Waals surface area contributed by atoms with Crippen molar-refractivity contribution in [1.82, 2.24) is 14.5 Å². The Bertz CT molecular complexity index is 871. The normalized spacial score (nSPS) is 14.4. The summed E-state index contributed by atoms with van der Waals surface area (Å²) in [6.07, 6.45) is 0.316. The first kappa shape index (κ1) is 18.1. The molecule has 0 saturated carbocycles. The molecule has 0 unspecified atom stereocenters. The van der Waals surface area contributed by atoms with Crippen LogP contribution in [0.25, 0.3) is 10.9 Å². The molecular weight excluding hydrogens is 338 g/mol. The number of aryl methyl sites for hydroxylation is 1. The maximum absolute atomic E-state index is 12.3. The molecule has 26 heavy (non-hydrogen) atoms. The number of para-hydroxylation sites is 1. The van der Waals surface area contributed by atoms with Crippen LogP contribution in [0, 0.1) is 0 Å². The van der Waals surface area contributed by atoms with Crippen LogP contribution in [0.4, 0.5) is 0 Å². The fourth-order valence-corrected chi connectivity index (χ4v) is 2.82. The average molecular weight is 359 g/mol. The Morgan fingerprint density at radius 3 is 2.73 bits per heavy atom. The van der Waals surface area contributed by atoms with Crippen LogP contribution in [0.15, 0.2) is 29.1 Å². The van der Waals surface area contributed by atoms with Gasteiger partial charge in [-0.1, -0.05) is 12.1 Å². The number of esters is 1. The van der Waals surface area contributed by atoms with Gasteiger partial charge in [0.05, 0.1) is 30.5 Å². The number of morpholine rings is 1. The summed E-state index contributed by atoms with van der Waals surface area (Å²) in [5.41, 5.74) is 0.447. The van der Waals surface area contributed by atoms with Crippen molar-refractivity contribution in [3.8, 4) is 0 Å². The lowest BCUT2D eigenvalue weighted by molar-refractivity contribution is -0.153. The van der Waals surface area contributed by atoms with E-state index in [4.69, 9.17) is 9.47 Å². The number of hydrogen-bond donors (Lipinski definition) is 0. The third-order valence-corrected chi connectivity index (χ3v) is 4.35. The van der Waals surface area contributed by atoms with Crippen LogP contribution < -0.4 is 5.56 Å². The van der Waals surface area contributed by atoms with Crippen molar-refractivity contribution in [1.29, 1.82) is 0 Å². The van der Waals surface area contributed by atoms with Gasteiger partial charge in [-0.25, -0.2) is 4.98 Å². The van der Waals surface area contributed by atoms with Crippen LogP contribution in [-0.4, -0.2) is 59.2 Å². The van der Waals surface area contributed by atoms with E-state index in [1.807, 2.05) is 6.07 Å². The standard InChI is InChI=1S/C18H21N3O5/c1-20-15(19-14-5-3-2-4-13(14)18(20)24)6-7-17(23)26-12-16(22)21-8-10-25-11-9-21/h2-5H,6-12H2,1H3. The van der Waals surface area contributed by atoms with Gasteiger partial charge in [0, 0.05) is 26.6 Å². The molecule has 0 radical (unpaired) electrons. The van der Waals surface area contributed by atoms with Gasteiger partial charge in [0.1, 0.15) is 5.82 Å². The summed E-state index contributed by atoms with van der Waals surface area (Å²) in [5.74, 6) is -0.211. The molecular formula is C18H21N3O5. The molecule has 8 nitrogen and oxygen atoms in total. The minimum Gasteiger partial charge on any atom is -0.456 e. The molecule has 2 heterocycles. The lowest BCUT2D eigenvalue weighted by Gasteiger charge is -2.26. The second-order valence-electron chi connectivity index (χ2n) is 6.06. The molecule has 1 aromatic carbocycles. The number of fused-ring (bicyclic) bond motifs is 1. The van der Waals surface area contributed by atoms with Gasteiger partial charge in [-0.3, -0.25) is 19.0 Å². The Balaban J connectivity index is 1.56. The largest absolute Gasteiger partial charge is 0.456 e. The highest BCUT2D eigenvalue weighted by Gasteiger charge is 2.18. The molecule has 8 heteroatoms. The van der Waals surface area contributed by atoms with Crippen LogP contribution in [0.5, 0.6) is 0 Å². The minimum absolute atomic E-state index is 0.0506. The Morgan fingerprint density at radius 1 is 1.23 bits per heavy atom. The predicted molar refractivity (Wildman–Crippen MR) is 93.7 cm³/mol. The number of aromatic nitrogens is 2. The summed E-state index contributed by atoms with van der Waals surface area (Å²) in [6, 6.07) is 7.08. The van der Waals surface area contributed by atoms with E-state index in [0.717, 1.165) is 0 Å². The molecule has 138 valence electrons. The molecule has 0 N–H and O–H groups in total. The molecule has 3 rings (SSSR count). The topological polar surface area (TPSA) is 90.7 Å². The van der Waals surface area contributed by atoms with E-state index >= 15 is 0 Å². The van der Waals surface area contributed by atoms with Crippen LogP contribution in [0.2, 0.25) is 0 Å². The average Bonchev–Trinajstić information content (AvgIpc) is 2.68. The highest BCUT2D eigenvalue weighted by molar-refractivity contribution is 5.81. The van der Waals surface area contributed by atoms with E-state index in [2.05, 4.69) is 4.98 Å². The first-order chi connectivity index (χ1) is 12.6. The smallest absolute Gasteiger partial charge is 0.306 e. The van der Waals surface area contributed by atoms with Gasteiger partial charge in [0.2, 0.25) is 0 Å². The van der Waals surface area contributed by atoms with E-state index in [0.29, 0.717) is 43.0 Å². The summed E-state index contributed by atoms with van der Waals surface area (Å²) in [4.78, 5) is 42.3. The summed E-state index contributed by atoms with van der Waals surface area (Å²) in [6.45, 7) is 1.75. The number of benzene rings is 1. The number of ether oxygens (including phenoxy) is 2. The Labute approximate surface area is 150 Å². The fraction of sp³-hybridized carbons (Fsp3) is 0.444. The SMILES string of the molecule is Cn1c(CCC(=O)OCC(=O)N2CCOCC2)nc2ccccc2c1=O. The van der Waals surface area contributed by atoms with Crippen molar-refractivity contribution in [3.63, 3.8) is 0 Å². The molecule has 1 aliphatic heterocycles. The number of hydrogen-bond acceptors (Lipinski definition) is 6. The number of carbonyl (C=O) groups is 2.